The molecule has 0 heterocycles. The van der Waals surface area contributed by atoms with Crippen LogP contribution < -0.4 is 0 Å². The fraction of sp³-hybridized carbons (Fsp3) is 0.826. The summed E-state index contributed by atoms with van der Waals surface area (Å²) in [7, 11) is 0.938. The minimum Gasteiger partial charge on any atom is -0.373 e. The Bertz CT molecular complexity index is 507. The van der Waals surface area contributed by atoms with Gasteiger partial charge in [-0.15, -0.1) is 0 Å². The van der Waals surface area contributed by atoms with Crippen molar-refractivity contribution in [2.45, 2.75) is 95.7 Å². The van der Waals surface area contributed by atoms with Gasteiger partial charge in [0.25, 0.3) is 0 Å². The Morgan fingerprint density at radius 3 is 1.59 bits per heavy atom. The Kier molecular flexibility index (Phi) is 15.1. The first-order valence-electron chi connectivity index (χ1n) is 11.4. The summed E-state index contributed by atoms with van der Waals surface area (Å²) in [5.41, 5.74) is 0. The second-order valence-electron chi connectivity index (χ2n) is 9.27. The molecule has 0 saturated carbocycles. The number of allylic oxidation sites excluding steroid dienone is 4. The van der Waals surface area contributed by atoms with Gasteiger partial charge in [-0.25, -0.2) is 0 Å². The van der Waals surface area contributed by atoms with Gasteiger partial charge in [-0.3, -0.25) is 4.57 Å². The average molecular weight is 433 g/mol. The van der Waals surface area contributed by atoms with Gasteiger partial charge in [0, 0.05) is 0 Å². The normalized spacial score (nSPS) is 15.4. The smallest absolute Gasteiger partial charge is 0.362 e. The molecular weight excluding hydrogens is 385 g/mol. The van der Waals surface area contributed by atoms with E-state index in [1.165, 1.54) is 38.5 Å². The lowest BCUT2D eigenvalue weighted by Crippen LogP contribution is -2.49. The van der Waals surface area contributed by atoms with Crippen molar-refractivity contribution >= 4 is 7.60 Å². The Morgan fingerprint density at radius 1 is 0.759 bits per heavy atom. The van der Waals surface area contributed by atoms with E-state index in [1.54, 1.807) is 0 Å². The summed E-state index contributed by atoms with van der Waals surface area (Å²) in [6.45, 7) is 2.22. The molecule has 0 bridgehead atoms. The van der Waals surface area contributed by atoms with Crippen LogP contribution in [0.5, 0.6) is 0 Å². The van der Waals surface area contributed by atoms with Gasteiger partial charge in [0.2, 0.25) is 5.34 Å². The second-order valence-corrected chi connectivity index (χ2v) is 11.2. The molecule has 6 heteroatoms. The van der Waals surface area contributed by atoms with E-state index in [-0.39, 0.29) is 13.0 Å². The molecule has 0 radical (unpaired) electrons. The van der Waals surface area contributed by atoms with Crippen molar-refractivity contribution in [1.82, 2.24) is 0 Å². The molecule has 0 amide bonds. The van der Waals surface area contributed by atoms with E-state index in [9.17, 15) is 19.5 Å². The highest BCUT2D eigenvalue weighted by atomic mass is 31.2. The molecule has 3 N–H and O–H groups in total. The van der Waals surface area contributed by atoms with E-state index < -0.39 is 12.9 Å². The van der Waals surface area contributed by atoms with Crippen LogP contribution in [0.3, 0.4) is 0 Å². The van der Waals surface area contributed by atoms with Gasteiger partial charge in [0.05, 0.1) is 21.1 Å². The van der Waals surface area contributed by atoms with Gasteiger partial charge >= 0.3 is 7.60 Å². The standard InChI is InChI=1S/C23H46NO4P/c1-5-6-7-8-9-10-11-12-13-14-15-16-17-18-19-20-21-23(25,29(26,27)28)22-24(2,3)4/h6-7,15-16,25H,5,8-14,17-22H2,1-4H3,(H-,26,27,28)/p+1/b7-6-,16-15-. The summed E-state index contributed by atoms with van der Waals surface area (Å²) in [6.07, 6.45) is 22.6. The van der Waals surface area contributed by atoms with Gasteiger partial charge in [-0.2, -0.15) is 0 Å². The predicted octanol–water partition coefficient (Wildman–Crippen LogP) is 5.76. The van der Waals surface area contributed by atoms with Crippen LogP contribution in [0.25, 0.3) is 0 Å². The molecular formula is C23H47NO4P+. The fourth-order valence-corrected chi connectivity index (χ4v) is 4.56. The van der Waals surface area contributed by atoms with E-state index in [2.05, 4.69) is 31.2 Å². The molecule has 0 saturated heterocycles. The van der Waals surface area contributed by atoms with Gasteiger partial charge in [-0.1, -0.05) is 56.9 Å². The number of quaternary nitrogens is 1. The predicted molar refractivity (Wildman–Crippen MR) is 124 cm³/mol. The number of nitrogens with zero attached hydrogens (tertiary/aromatic N) is 1. The lowest BCUT2D eigenvalue weighted by atomic mass is 10.1. The summed E-state index contributed by atoms with van der Waals surface area (Å²) in [5.74, 6) is 0. The van der Waals surface area contributed by atoms with Gasteiger partial charge in [-0.05, 0) is 57.8 Å². The summed E-state index contributed by atoms with van der Waals surface area (Å²) in [4.78, 5) is 19.1. The van der Waals surface area contributed by atoms with Crippen molar-refractivity contribution in [1.29, 1.82) is 0 Å². The van der Waals surface area contributed by atoms with Gasteiger partial charge in [0.15, 0.2) is 0 Å². The maximum Gasteiger partial charge on any atom is 0.362 e. The molecule has 1 atom stereocenters. The lowest BCUT2D eigenvalue weighted by Gasteiger charge is -2.35. The summed E-state index contributed by atoms with van der Waals surface area (Å²) >= 11 is 0. The fourth-order valence-electron chi connectivity index (χ4n) is 3.50. The molecule has 5 nitrogen and oxygen atoms in total. The van der Waals surface area contributed by atoms with Crippen LogP contribution in [0.4, 0.5) is 0 Å². The van der Waals surface area contributed by atoms with Crippen LogP contribution in [0.15, 0.2) is 24.3 Å². The average Bonchev–Trinajstić information content (AvgIpc) is 2.59. The summed E-state index contributed by atoms with van der Waals surface area (Å²) < 4.78 is 12.1. The van der Waals surface area contributed by atoms with E-state index in [0.717, 1.165) is 32.1 Å². The zero-order valence-corrected chi connectivity index (χ0v) is 20.2. The molecule has 0 aromatic carbocycles. The topological polar surface area (TPSA) is 77.8 Å². The molecule has 0 aliphatic carbocycles. The quantitative estimate of drug-likeness (QED) is 0.111. The van der Waals surface area contributed by atoms with Crippen LogP contribution in [0.2, 0.25) is 0 Å². The molecule has 0 aromatic rings. The van der Waals surface area contributed by atoms with Crippen LogP contribution in [0.1, 0.15) is 90.4 Å². The van der Waals surface area contributed by atoms with Gasteiger partial charge in [0.1, 0.15) is 6.54 Å². The number of aliphatic hydroxyl groups is 1. The first-order chi connectivity index (χ1) is 13.5. The zero-order valence-electron chi connectivity index (χ0n) is 19.4. The lowest BCUT2D eigenvalue weighted by molar-refractivity contribution is -0.875. The third-order valence-corrected chi connectivity index (χ3v) is 6.48. The molecule has 1 unspecified atom stereocenters. The third kappa shape index (κ3) is 16.0. The van der Waals surface area contributed by atoms with Crippen molar-refractivity contribution in [3.05, 3.63) is 24.3 Å². The van der Waals surface area contributed by atoms with E-state index in [0.29, 0.717) is 10.9 Å². The maximum atomic E-state index is 11.7. The monoisotopic (exact) mass is 432 g/mol. The zero-order chi connectivity index (χ0) is 22.2. The Morgan fingerprint density at radius 2 is 1.17 bits per heavy atom. The van der Waals surface area contributed by atoms with E-state index >= 15 is 0 Å². The number of hydrogen-bond acceptors (Lipinski definition) is 2. The second kappa shape index (κ2) is 15.4. The summed E-state index contributed by atoms with van der Waals surface area (Å²) in [6, 6.07) is 0. The first kappa shape index (κ1) is 28.5. The van der Waals surface area contributed by atoms with Crippen molar-refractivity contribution in [3.63, 3.8) is 0 Å². The Hall–Kier alpha value is -0.450. The van der Waals surface area contributed by atoms with E-state index in [1.807, 2.05) is 21.1 Å². The van der Waals surface area contributed by atoms with Crippen molar-refractivity contribution < 1.29 is 23.9 Å². The minimum absolute atomic E-state index is 0.0482. The highest BCUT2D eigenvalue weighted by molar-refractivity contribution is 7.53. The molecule has 0 spiro atoms. The molecule has 0 rings (SSSR count). The third-order valence-electron chi connectivity index (χ3n) is 5.03. The highest BCUT2D eigenvalue weighted by Crippen LogP contribution is 2.52. The largest absolute Gasteiger partial charge is 0.373 e. The highest BCUT2D eigenvalue weighted by Gasteiger charge is 2.48. The number of hydrogen-bond donors (Lipinski definition) is 3. The molecule has 0 fully saturated rings. The Labute approximate surface area is 179 Å². The molecule has 0 aliphatic rings. The van der Waals surface area contributed by atoms with Crippen molar-refractivity contribution in [3.8, 4) is 0 Å². The van der Waals surface area contributed by atoms with E-state index in [4.69, 9.17) is 0 Å². The van der Waals surface area contributed by atoms with Crippen molar-refractivity contribution in [2.24, 2.45) is 0 Å². The SMILES string of the molecule is CC/C=C\CCCCCCC/C=C\CCCCCC(O)(C[N+](C)(C)C)P(=O)(O)O. The van der Waals surface area contributed by atoms with Crippen molar-refractivity contribution in [2.75, 3.05) is 27.7 Å². The van der Waals surface area contributed by atoms with Crippen LogP contribution in [0, 0.1) is 0 Å². The maximum absolute atomic E-state index is 11.7. The molecule has 172 valence electrons. The first-order valence-corrected chi connectivity index (χ1v) is 13.0. The number of likely N-dealkylation sites (N-methyl/N-ethyl adjacent to an activating group) is 1. The molecule has 29 heavy (non-hydrogen) atoms. The van der Waals surface area contributed by atoms with Crippen LogP contribution in [-0.4, -0.2) is 52.4 Å². The van der Waals surface area contributed by atoms with Crippen LogP contribution >= 0.6 is 7.60 Å². The van der Waals surface area contributed by atoms with Gasteiger partial charge < -0.3 is 19.4 Å². The number of rotatable bonds is 18. The Balaban J connectivity index is 3.77. The summed E-state index contributed by atoms with van der Waals surface area (Å²) in [5, 5.41) is 8.58. The minimum atomic E-state index is -4.55. The molecule has 0 aliphatic heterocycles. The number of unbranched alkanes of at least 4 members (excludes halogenated alkanes) is 9. The van der Waals surface area contributed by atoms with Crippen LogP contribution in [-0.2, 0) is 4.57 Å². The molecule has 0 aromatic heterocycles.